The Balaban J connectivity index is 1.95. The molecule has 0 amide bonds. The van der Waals surface area contributed by atoms with Crippen molar-refractivity contribution < 1.29 is 9.84 Å². The molecular formula is C12H16N2O2. The summed E-state index contributed by atoms with van der Waals surface area (Å²) in [6.45, 7) is 1.16. The molecule has 2 rings (SSSR count). The normalized spacial score (nSPS) is 18.8. The number of aliphatic imine (C=N–C) groups is 1. The van der Waals surface area contributed by atoms with Crippen LogP contribution >= 0.6 is 0 Å². The number of aliphatic hydroxyl groups excluding tert-OH is 1. The average Bonchev–Trinajstić information content (AvgIpc) is 2.83. The van der Waals surface area contributed by atoms with Gasteiger partial charge in [-0.05, 0) is 12.0 Å². The maximum Gasteiger partial charge on any atom is 0.214 e. The van der Waals surface area contributed by atoms with E-state index >= 15 is 0 Å². The molecule has 4 nitrogen and oxygen atoms in total. The van der Waals surface area contributed by atoms with Crippen molar-refractivity contribution in [3.8, 4) is 0 Å². The van der Waals surface area contributed by atoms with Gasteiger partial charge < -0.3 is 15.6 Å². The molecule has 1 aliphatic rings. The Morgan fingerprint density at radius 3 is 2.75 bits per heavy atom. The Kier molecular flexibility index (Phi) is 3.54. The number of benzene rings is 1. The van der Waals surface area contributed by atoms with Gasteiger partial charge >= 0.3 is 0 Å². The van der Waals surface area contributed by atoms with Crippen molar-refractivity contribution in [2.75, 3.05) is 13.2 Å². The summed E-state index contributed by atoms with van der Waals surface area (Å²) in [5, 5.41) is 9.90. The minimum Gasteiger partial charge on any atom is -0.477 e. The fourth-order valence-electron chi connectivity index (χ4n) is 1.71. The number of rotatable bonds is 4. The summed E-state index contributed by atoms with van der Waals surface area (Å²) in [6.07, 6.45) is -0.188. The Bertz CT molecular complexity index is 365. The van der Waals surface area contributed by atoms with Crippen molar-refractivity contribution in [2.24, 2.45) is 10.7 Å². The van der Waals surface area contributed by atoms with Gasteiger partial charge in [0.05, 0.1) is 6.54 Å². The Morgan fingerprint density at radius 1 is 1.38 bits per heavy atom. The summed E-state index contributed by atoms with van der Waals surface area (Å²) >= 11 is 0. The van der Waals surface area contributed by atoms with Crippen molar-refractivity contribution in [2.45, 2.75) is 18.6 Å². The first-order chi connectivity index (χ1) is 7.77. The molecule has 1 unspecified atom stereocenters. The monoisotopic (exact) mass is 220 g/mol. The van der Waals surface area contributed by atoms with Gasteiger partial charge in [0.25, 0.3) is 0 Å². The molecule has 16 heavy (non-hydrogen) atoms. The second kappa shape index (κ2) is 5.09. The number of ether oxygens (including phenoxy) is 1. The SMILES string of the molecule is N[C@@H](Cc1ccccc1)C(O)C1=NCCO1. The maximum absolute atomic E-state index is 9.90. The topological polar surface area (TPSA) is 67.8 Å². The lowest BCUT2D eigenvalue weighted by atomic mass is 10.0. The molecule has 1 heterocycles. The van der Waals surface area contributed by atoms with Crippen LogP contribution in [0.5, 0.6) is 0 Å². The maximum atomic E-state index is 9.90. The number of nitrogens with zero attached hydrogens (tertiary/aromatic N) is 1. The average molecular weight is 220 g/mol. The van der Waals surface area contributed by atoms with Gasteiger partial charge in [-0.3, -0.25) is 0 Å². The van der Waals surface area contributed by atoms with Crippen LogP contribution in [0.3, 0.4) is 0 Å². The van der Waals surface area contributed by atoms with Crippen LogP contribution in [-0.2, 0) is 11.2 Å². The van der Waals surface area contributed by atoms with Crippen LogP contribution in [0.25, 0.3) is 0 Å². The van der Waals surface area contributed by atoms with Gasteiger partial charge in [-0.15, -0.1) is 0 Å². The zero-order chi connectivity index (χ0) is 11.4. The fraction of sp³-hybridized carbons (Fsp3) is 0.417. The summed E-state index contributed by atoms with van der Waals surface area (Å²) < 4.78 is 5.19. The molecule has 1 aromatic carbocycles. The largest absolute Gasteiger partial charge is 0.477 e. The number of hydrogen-bond acceptors (Lipinski definition) is 4. The number of aliphatic hydroxyl groups is 1. The third-order valence-electron chi connectivity index (χ3n) is 2.58. The summed E-state index contributed by atoms with van der Waals surface area (Å²) in [4.78, 5) is 4.06. The molecule has 0 bridgehead atoms. The van der Waals surface area contributed by atoms with Crippen molar-refractivity contribution in [1.82, 2.24) is 0 Å². The lowest BCUT2D eigenvalue weighted by molar-refractivity contribution is 0.173. The smallest absolute Gasteiger partial charge is 0.214 e. The van der Waals surface area contributed by atoms with Gasteiger partial charge in [0.2, 0.25) is 5.90 Å². The van der Waals surface area contributed by atoms with E-state index in [0.29, 0.717) is 25.5 Å². The highest BCUT2D eigenvalue weighted by Crippen LogP contribution is 2.08. The minimum absolute atomic E-state index is 0.376. The van der Waals surface area contributed by atoms with Crippen molar-refractivity contribution >= 4 is 5.90 Å². The molecule has 2 atom stereocenters. The predicted molar refractivity (Wildman–Crippen MR) is 62.4 cm³/mol. The molecule has 0 radical (unpaired) electrons. The predicted octanol–water partition coefficient (Wildman–Crippen LogP) is 0.346. The van der Waals surface area contributed by atoms with E-state index < -0.39 is 6.10 Å². The van der Waals surface area contributed by atoms with Gasteiger partial charge in [-0.2, -0.15) is 0 Å². The Labute approximate surface area is 94.8 Å². The number of hydrogen-bond donors (Lipinski definition) is 2. The standard InChI is InChI=1S/C12H16N2O2/c13-10(8-9-4-2-1-3-5-9)11(15)12-14-6-7-16-12/h1-5,10-11,15H,6-8,13H2/t10-,11?/m0/s1. The lowest BCUT2D eigenvalue weighted by Crippen LogP contribution is -2.42. The second-order valence-electron chi connectivity index (χ2n) is 3.87. The summed E-state index contributed by atoms with van der Waals surface area (Å²) in [6, 6.07) is 9.47. The van der Waals surface area contributed by atoms with Crippen LogP contribution < -0.4 is 5.73 Å². The molecule has 86 valence electrons. The van der Waals surface area contributed by atoms with E-state index in [2.05, 4.69) is 4.99 Å². The van der Waals surface area contributed by atoms with Gasteiger partial charge in [-0.25, -0.2) is 4.99 Å². The van der Waals surface area contributed by atoms with E-state index in [1.807, 2.05) is 30.3 Å². The molecule has 1 aliphatic heterocycles. The highest BCUT2D eigenvalue weighted by atomic mass is 16.5. The molecule has 0 fully saturated rings. The summed E-state index contributed by atoms with van der Waals surface area (Å²) in [5.74, 6) is 0.378. The first-order valence-corrected chi connectivity index (χ1v) is 5.42. The molecule has 0 aromatic heterocycles. The zero-order valence-corrected chi connectivity index (χ0v) is 9.04. The second-order valence-corrected chi connectivity index (χ2v) is 3.87. The quantitative estimate of drug-likeness (QED) is 0.769. The molecular weight excluding hydrogens is 204 g/mol. The van der Waals surface area contributed by atoms with Gasteiger partial charge in [0.15, 0.2) is 0 Å². The first-order valence-electron chi connectivity index (χ1n) is 5.42. The third-order valence-corrected chi connectivity index (χ3v) is 2.58. The molecule has 4 heteroatoms. The van der Waals surface area contributed by atoms with Crippen LogP contribution in [0.2, 0.25) is 0 Å². The Morgan fingerprint density at radius 2 is 2.12 bits per heavy atom. The molecule has 0 aliphatic carbocycles. The van der Waals surface area contributed by atoms with E-state index in [4.69, 9.17) is 10.5 Å². The van der Waals surface area contributed by atoms with Crippen LogP contribution in [0.15, 0.2) is 35.3 Å². The minimum atomic E-state index is -0.803. The lowest BCUT2D eigenvalue weighted by Gasteiger charge is -2.18. The van der Waals surface area contributed by atoms with Gasteiger partial charge in [-0.1, -0.05) is 30.3 Å². The van der Waals surface area contributed by atoms with E-state index in [1.54, 1.807) is 0 Å². The van der Waals surface area contributed by atoms with E-state index in [9.17, 15) is 5.11 Å². The van der Waals surface area contributed by atoms with Crippen LogP contribution in [0.1, 0.15) is 5.56 Å². The van der Waals surface area contributed by atoms with Crippen LogP contribution in [0, 0.1) is 0 Å². The van der Waals surface area contributed by atoms with E-state index in [-0.39, 0.29) is 6.04 Å². The van der Waals surface area contributed by atoms with Crippen molar-refractivity contribution in [1.29, 1.82) is 0 Å². The summed E-state index contributed by atoms with van der Waals surface area (Å²) in [7, 11) is 0. The summed E-state index contributed by atoms with van der Waals surface area (Å²) in [5.41, 5.74) is 7.02. The van der Waals surface area contributed by atoms with Crippen molar-refractivity contribution in [3.05, 3.63) is 35.9 Å². The highest BCUT2D eigenvalue weighted by Gasteiger charge is 2.24. The first kappa shape index (κ1) is 11.1. The molecule has 0 saturated heterocycles. The van der Waals surface area contributed by atoms with E-state index in [0.717, 1.165) is 5.56 Å². The van der Waals surface area contributed by atoms with Crippen molar-refractivity contribution in [3.63, 3.8) is 0 Å². The molecule has 0 spiro atoms. The molecule has 3 N–H and O–H groups in total. The third kappa shape index (κ3) is 2.59. The highest BCUT2D eigenvalue weighted by molar-refractivity contribution is 5.82. The fourth-order valence-corrected chi connectivity index (χ4v) is 1.71. The van der Waals surface area contributed by atoms with Crippen LogP contribution in [0.4, 0.5) is 0 Å². The van der Waals surface area contributed by atoms with E-state index in [1.165, 1.54) is 0 Å². The number of nitrogens with two attached hydrogens (primary N) is 1. The van der Waals surface area contributed by atoms with Gasteiger partial charge in [0, 0.05) is 6.04 Å². The molecule has 0 saturated carbocycles. The zero-order valence-electron chi connectivity index (χ0n) is 9.04. The Hall–Kier alpha value is -1.39. The van der Waals surface area contributed by atoms with Crippen LogP contribution in [-0.4, -0.2) is 36.3 Å². The molecule has 1 aromatic rings. The van der Waals surface area contributed by atoms with Gasteiger partial charge in [0.1, 0.15) is 12.7 Å².